The van der Waals surface area contributed by atoms with Gasteiger partial charge in [-0.15, -0.1) is 0 Å². The molecule has 1 aromatic rings. The molecule has 4 nitrogen and oxygen atoms in total. The zero-order valence-corrected chi connectivity index (χ0v) is 13.6. The summed E-state index contributed by atoms with van der Waals surface area (Å²) in [6.45, 7) is 10.0. The number of hydrogen-bond donors (Lipinski definition) is 2. The summed E-state index contributed by atoms with van der Waals surface area (Å²) >= 11 is 0. The number of anilines is 1. The van der Waals surface area contributed by atoms with Crippen molar-refractivity contribution in [2.45, 2.75) is 39.8 Å². The standard InChI is InChI=1S/C16H28N4/c1-7-17-15(19-16(2,3)4)18-12-13-8-10-14(11-9-13)20(5)6/h8-11H,7,12H2,1-6H3,(H2,17,18,19). The maximum atomic E-state index is 4.62. The molecule has 112 valence electrons. The first-order chi connectivity index (χ1) is 9.31. The first-order valence-corrected chi connectivity index (χ1v) is 7.14. The lowest BCUT2D eigenvalue weighted by Gasteiger charge is -2.23. The molecule has 0 spiro atoms. The molecule has 0 atom stereocenters. The minimum atomic E-state index is 0.00971. The SMILES string of the molecule is CCNC(=NCc1ccc(N(C)C)cc1)NC(C)(C)C. The summed E-state index contributed by atoms with van der Waals surface area (Å²) in [4.78, 5) is 6.72. The van der Waals surface area contributed by atoms with E-state index in [1.54, 1.807) is 0 Å². The molecule has 0 unspecified atom stereocenters. The van der Waals surface area contributed by atoms with Crippen LogP contribution in [0.1, 0.15) is 33.3 Å². The van der Waals surface area contributed by atoms with E-state index >= 15 is 0 Å². The topological polar surface area (TPSA) is 39.7 Å². The van der Waals surface area contributed by atoms with E-state index in [0.717, 1.165) is 12.5 Å². The third kappa shape index (κ3) is 5.95. The Labute approximate surface area is 123 Å². The van der Waals surface area contributed by atoms with Crippen LogP contribution < -0.4 is 15.5 Å². The fraction of sp³-hybridized carbons (Fsp3) is 0.562. The van der Waals surface area contributed by atoms with Crippen molar-refractivity contribution in [2.75, 3.05) is 25.5 Å². The molecule has 0 aromatic heterocycles. The minimum absolute atomic E-state index is 0.00971. The summed E-state index contributed by atoms with van der Waals surface area (Å²) in [5.74, 6) is 0.858. The molecule has 0 aliphatic rings. The summed E-state index contributed by atoms with van der Waals surface area (Å²) < 4.78 is 0. The zero-order chi connectivity index (χ0) is 15.2. The average Bonchev–Trinajstić information content (AvgIpc) is 2.35. The van der Waals surface area contributed by atoms with Gasteiger partial charge in [-0.1, -0.05) is 12.1 Å². The Bertz CT molecular complexity index is 427. The van der Waals surface area contributed by atoms with Crippen LogP contribution >= 0.6 is 0 Å². The van der Waals surface area contributed by atoms with Gasteiger partial charge in [-0.25, -0.2) is 4.99 Å². The van der Waals surface area contributed by atoms with Crippen LogP contribution in [0.3, 0.4) is 0 Å². The highest BCUT2D eigenvalue weighted by Gasteiger charge is 2.11. The Kier molecular flexibility index (Phi) is 5.86. The summed E-state index contributed by atoms with van der Waals surface area (Å²) in [7, 11) is 4.09. The van der Waals surface area contributed by atoms with Crippen LogP contribution in [0.2, 0.25) is 0 Å². The Balaban J connectivity index is 2.71. The monoisotopic (exact) mass is 276 g/mol. The summed E-state index contributed by atoms with van der Waals surface area (Å²) in [6.07, 6.45) is 0. The minimum Gasteiger partial charge on any atom is -0.378 e. The van der Waals surface area contributed by atoms with Gasteiger partial charge in [0.25, 0.3) is 0 Å². The molecule has 1 rings (SSSR count). The molecular weight excluding hydrogens is 248 g/mol. The van der Waals surface area contributed by atoms with E-state index in [0.29, 0.717) is 6.54 Å². The predicted octanol–water partition coefficient (Wildman–Crippen LogP) is 2.61. The molecule has 0 bridgehead atoms. The number of rotatable bonds is 4. The molecule has 20 heavy (non-hydrogen) atoms. The van der Waals surface area contributed by atoms with Crippen LogP contribution in [-0.4, -0.2) is 32.1 Å². The van der Waals surface area contributed by atoms with E-state index in [1.165, 1.54) is 11.3 Å². The van der Waals surface area contributed by atoms with Crippen molar-refractivity contribution in [3.63, 3.8) is 0 Å². The molecule has 0 saturated heterocycles. The predicted molar refractivity (Wildman–Crippen MR) is 88.5 cm³/mol. The van der Waals surface area contributed by atoms with E-state index in [1.807, 2.05) is 14.1 Å². The lowest BCUT2D eigenvalue weighted by molar-refractivity contribution is 0.501. The zero-order valence-electron chi connectivity index (χ0n) is 13.6. The van der Waals surface area contributed by atoms with Crippen LogP contribution in [0, 0.1) is 0 Å². The maximum absolute atomic E-state index is 4.62. The third-order valence-electron chi connectivity index (χ3n) is 2.71. The number of nitrogens with zero attached hydrogens (tertiary/aromatic N) is 2. The molecular formula is C16H28N4. The van der Waals surface area contributed by atoms with Gasteiger partial charge in [0.2, 0.25) is 0 Å². The van der Waals surface area contributed by atoms with Crippen LogP contribution in [0.15, 0.2) is 29.3 Å². The van der Waals surface area contributed by atoms with E-state index in [2.05, 4.69) is 72.5 Å². The highest BCUT2D eigenvalue weighted by molar-refractivity contribution is 5.80. The number of guanidine groups is 1. The van der Waals surface area contributed by atoms with E-state index in [9.17, 15) is 0 Å². The molecule has 0 amide bonds. The van der Waals surface area contributed by atoms with Crippen molar-refractivity contribution in [3.05, 3.63) is 29.8 Å². The second kappa shape index (κ2) is 7.17. The normalized spacial score (nSPS) is 12.2. The second-order valence-electron chi connectivity index (χ2n) is 6.13. The van der Waals surface area contributed by atoms with E-state index in [4.69, 9.17) is 0 Å². The number of hydrogen-bond acceptors (Lipinski definition) is 2. The Morgan fingerprint density at radius 1 is 1.15 bits per heavy atom. The van der Waals surface area contributed by atoms with Gasteiger partial charge in [0.15, 0.2) is 5.96 Å². The van der Waals surface area contributed by atoms with Crippen LogP contribution in [0.5, 0.6) is 0 Å². The first kappa shape index (κ1) is 16.3. The number of aliphatic imine (C=N–C) groups is 1. The van der Waals surface area contributed by atoms with Gasteiger partial charge < -0.3 is 15.5 Å². The fourth-order valence-corrected chi connectivity index (χ4v) is 1.73. The summed E-state index contributed by atoms with van der Waals surface area (Å²) in [5, 5.41) is 6.66. The molecule has 0 aliphatic heterocycles. The molecule has 0 heterocycles. The molecule has 4 heteroatoms. The number of benzene rings is 1. The van der Waals surface area contributed by atoms with Crippen molar-refractivity contribution in [1.82, 2.24) is 10.6 Å². The van der Waals surface area contributed by atoms with Gasteiger partial charge in [-0.2, -0.15) is 0 Å². The van der Waals surface area contributed by atoms with E-state index in [-0.39, 0.29) is 5.54 Å². The maximum Gasteiger partial charge on any atom is 0.191 e. The summed E-state index contributed by atoms with van der Waals surface area (Å²) in [5.41, 5.74) is 2.43. The van der Waals surface area contributed by atoms with Crippen LogP contribution in [0.4, 0.5) is 5.69 Å². The molecule has 0 aliphatic carbocycles. The molecule has 2 N–H and O–H groups in total. The number of nitrogens with one attached hydrogen (secondary N) is 2. The Hall–Kier alpha value is -1.71. The van der Waals surface area contributed by atoms with E-state index < -0.39 is 0 Å². The van der Waals surface area contributed by atoms with Gasteiger partial charge in [0, 0.05) is 31.9 Å². The van der Waals surface area contributed by atoms with Gasteiger partial charge in [0.1, 0.15) is 0 Å². The van der Waals surface area contributed by atoms with Crippen LogP contribution in [-0.2, 0) is 6.54 Å². The van der Waals surface area contributed by atoms with Crippen molar-refractivity contribution >= 4 is 11.6 Å². The first-order valence-electron chi connectivity index (χ1n) is 7.14. The molecule has 0 radical (unpaired) electrons. The van der Waals surface area contributed by atoms with Crippen molar-refractivity contribution in [2.24, 2.45) is 4.99 Å². The lowest BCUT2D eigenvalue weighted by atomic mass is 10.1. The lowest BCUT2D eigenvalue weighted by Crippen LogP contribution is -2.47. The Morgan fingerprint density at radius 3 is 2.20 bits per heavy atom. The average molecular weight is 276 g/mol. The Morgan fingerprint density at radius 2 is 1.75 bits per heavy atom. The molecule has 1 aromatic carbocycles. The quantitative estimate of drug-likeness (QED) is 0.656. The van der Waals surface area contributed by atoms with Crippen molar-refractivity contribution in [3.8, 4) is 0 Å². The highest BCUT2D eigenvalue weighted by Crippen LogP contribution is 2.12. The molecule has 0 saturated carbocycles. The van der Waals surface area contributed by atoms with Crippen molar-refractivity contribution < 1.29 is 0 Å². The largest absolute Gasteiger partial charge is 0.378 e. The summed E-state index contributed by atoms with van der Waals surface area (Å²) in [6, 6.07) is 8.49. The van der Waals surface area contributed by atoms with Gasteiger partial charge in [-0.3, -0.25) is 0 Å². The van der Waals surface area contributed by atoms with Crippen LogP contribution in [0.25, 0.3) is 0 Å². The van der Waals surface area contributed by atoms with Gasteiger partial charge >= 0.3 is 0 Å². The fourth-order valence-electron chi connectivity index (χ4n) is 1.73. The smallest absolute Gasteiger partial charge is 0.191 e. The molecule has 0 fully saturated rings. The third-order valence-corrected chi connectivity index (χ3v) is 2.71. The van der Waals surface area contributed by atoms with Gasteiger partial charge in [-0.05, 0) is 45.4 Å². The highest BCUT2D eigenvalue weighted by atomic mass is 15.2. The van der Waals surface area contributed by atoms with Crippen molar-refractivity contribution in [1.29, 1.82) is 0 Å². The second-order valence-corrected chi connectivity index (χ2v) is 6.13. The van der Waals surface area contributed by atoms with Gasteiger partial charge in [0.05, 0.1) is 6.54 Å².